The fourth-order valence-electron chi connectivity index (χ4n) is 5.52. The monoisotopic (exact) mass is 443 g/mol. The van der Waals surface area contributed by atoms with Gasteiger partial charge in [-0.1, -0.05) is 37.3 Å². The molecule has 2 aliphatic rings. The second kappa shape index (κ2) is 9.42. The molecule has 1 aliphatic heterocycles. The lowest BCUT2D eigenvalue weighted by Crippen LogP contribution is -2.47. The van der Waals surface area contributed by atoms with Crippen molar-refractivity contribution in [1.82, 2.24) is 15.2 Å². The Labute approximate surface area is 195 Å². The van der Waals surface area contributed by atoms with Crippen molar-refractivity contribution < 1.29 is 9.59 Å². The number of aromatic amines is 1. The molecule has 3 aromatic rings. The van der Waals surface area contributed by atoms with Crippen LogP contribution < -0.4 is 5.32 Å². The van der Waals surface area contributed by atoms with Gasteiger partial charge >= 0.3 is 0 Å². The van der Waals surface area contributed by atoms with Crippen LogP contribution in [-0.4, -0.2) is 40.8 Å². The third kappa shape index (κ3) is 4.41. The molecular weight excluding hydrogens is 410 g/mol. The summed E-state index contributed by atoms with van der Waals surface area (Å²) in [6.07, 6.45) is 7.04. The summed E-state index contributed by atoms with van der Waals surface area (Å²) in [4.78, 5) is 31.6. The lowest BCUT2D eigenvalue weighted by atomic mass is 9.93. The maximum Gasteiger partial charge on any atom is 0.251 e. The van der Waals surface area contributed by atoms with E-state index in [1.807, 2.05) is 47.4 Å². The zero-order chi connectivity index (χ0) is 22.8. The first kappa shape index (κ1) is 21.7. The number of fused-ring (bicyclic) bond motifs is 3. The Morgan fingerprint density at radius 2 is 1.82 bits per heavy atom. The molecule has 0 bridgehead atoms. The first-order chi connectivity index (χ1) is 16.1. The van der Waals surface area contributed by atoms with E-state index < -0.39 is 0 Å². The maximum absolute atomic E-state index is 13.1. The number of nitrogens with zero attached hydrogens (tertiary/aromatic N) is 1. The van der Waals surface area contributed by atoms with E-state index in [2.05, 4.69) is 23.3 Å². The molecule has 1 aliphatic carbocycles. The van der Waals surface area contributed by atoms with Crippen molar-refractivity contribution in [3.8, 4) is 0 Å². The van der Waals surface area contributed by atoms with Crippen LogP contribution in [-0.2, 0) is 17.6 Å². The molecule has 33 heavy (non-hydrogen) atoms. The minimum absolute atomic E-state index is 0.0110. The number of rotatable bonds is 5. The largest absolute Gasteiger partial charge is 0.358 e. The van der Waals surface area contributed by atoms with Gasteiger partial charge in [-0.05, 0) is 74.3 Å². The Morgan fingerprint density at radius 1 is 1.06 bits per heavy atom. The number of carbonyl (C=O) groups is 2. The molecule has 1 fully saturated rings. The van der Waals surface area contributed by atoms with Gasteiger partial charge in [0.1, 0.15) is 0 Å². The number of hydrogen-bond donors (Lipinski definition) is 2. The van der Waals surface area contributed by atoms with Gasteiger partial charge in [0.15, 0.2) is 0 Å². The van der Waals surface area contributed by atoms with Crippen molar-refractivity contribution in [3.05, 3.63) is 70.9 Å². The molecule has 5 heteroatoms. The normalized spacial score (nSPS) is 17.5. The third-order valence-electron chi connectivity index (χ3n) is 7.41. The van der Waals surface area contributed by atoms with E-state index in [1.54, 1.807) is 0 Å². The second-order valence-electron chi connectivity index (χ2n) is 9.49. The summed E-state index contributed by atoms with van der Waals surface area (Å²) in [5.41, 5.74) is 5.67. The second-order valence-corrected chi connectivity index (χ2v) is 9.49. The Hall–Kier alpha value is -3.08. The van der Waals surface area contributed by atoms with E-state index in [0.29, 0.717) is 13.1 Å². The fraction of sp³-hybridized carbons (Fsp3) is 0.429. The zero-order valence-electron chi connectivity index (χ0n) is 19.4. The van der Waals surface area contributed by atoms with Crippen molar-refractivity contribution in [3.63, 3.8) is 0 Å². The number of piperidine rings is 1. The molecule has 0 saturated carbocycles. The Balaban J connectivity index is 1.20. The number of hydrogen-bond acceptors (Lipinski definition) is 2. The molecule has 1 saturated heterocycles. The summed E-state index contributed by atoms with van der Waals surface area (Å²) < 4.78 is 0. The van der Waals surface area contributed by atoms with Crippen LogP contribution in [0.25, 0.3) is 10.9 Å². The van der Waals surface area contributed by atoms with Crippen molar-refractivity contribution in [2.75, 3.05) is 13.1 Å². The van der Waals surface area contributed by atoms with Crippen LogP contribution in [0.3, 0.4) is 0 Å². The predicted octanol–water partition coefficient (Wildman–Crippen LogP) is 4.96. The Kier molecular flexibility index (Phi) is 6.21. The summed E-state index contributed by atoms with van der Waals surface area (Å²) in [5.74, 6) is 0.107. The first-order valence-corrected chi connectivity index (χ1v) is 12.4. The third-order valence-corrected chi connectivity index (χ3v) is 7.41. The number of likely N-dealkylation sites (tertiary alicyclic amines) is 1. The number of carbonyl (C=O) groups excluding carboxylic acids is 2. The van der Waals surface area contributed by atoms with Crippen LogP contribution in [0.1, 0.15) is 72.1 Å². The summed E-state index contributed by atoms with van der Waals surface area (Å²) >= 11 is 0. The lowest BCUT2D eigenvalue weighted by Gasteiger charge is -2.34. The number of amides is 2. The van der Waals surface area contributed by atoms with Gasteiger partial charge in [-0.25, -0.2) is 0 Å². The van der Waals surface area contributed by atoms with Crippen LogP contribution in [0.4, 0.5) is 0 Å². The van der Waals surface area contributed by atoms with Gasteiger partial charge in [0, 0.05) is 41.3 Å². The summed E-state index contributed by atoms with van der Waals surface area (Å²) in [6, 6.07) is 16.2. The average Bonchev–Trinajstić information content (AvgIpc) is 3.23. The van der Waals surface area contributed by atoms with Crippen molar-refractivity contribution >= 4 is 22.7 Å². The first-order valence-electron chi connectivity index (χ1n) is 12.4. The summed E-state index contributed by atoms with van der Waals surface area (Å²) in [6.45, 7) is 3.45. The highest BCUT2D eigenvalue weighted by atomic mass is 16.2. The van der Waals surface area contributed by atoms with E-state index >= 15 is 0 Å². The highest BCUT2D eigenvalue weighted by Crippen LogP contribution is 2.30. The van der Waals surface area contributed by atoms with E-state index in [9.17, 15) is 9.59 Å². The van der Waals surface area contributed by atoms with Gasteiger partial charge in [0.25, 0.3) is 5.91 Å². The SMILES string of the molecule is CCC(C(=O)N1CCC(NC(=O)c2ccc3[nH]c4c(c3c2)CCCC4)CC1)c1ccccc1. The van der Waals surface area contributed by atoms with Crippen LogP contribution in [0.15, 0.2) is 48.5 Å². The average molecular weight is 444 g/mol. The number of benzene rings is 2. The molecule has 1 atom stereocenters. The van der Waals surface area contributed by atoms with Gasteiger partial charge in [0.05, 0.1) is 5.92 Å². The van der Waals surface area contributed by atoms with Crippen LogP contribution in [0.5, 0.6) is 0 Å². The molecule has 5 nitrogen and oxygen atoms in total. The molecule has 0 spiro atoms. The smallest absolute Gasteiger partial charge is 0.251 e. The standard InChI is InChI=1S/C28H33N3O2/c1-2-22(19-8-4-3-5-9-19)28(33)31-16-14-21(15-17-31)29-27(32)20-12-13-26-24(18-20)23-10-6-7-11-25(23)30-26/h3-5,8-9,12-13,18,21-22,30H,2,6-7,10-11,14-17H2,1H3,(H,29,32). The topological polar surface area (TPSA) is 65.2 Å². The highest BCUT2D eigenvalue weighted by Gasteiger charge is 2.29. The van der Waals surface area contributed by atoms with Gasteiger partial charge < -0.3 is 15.2 Å². The summed E-state index contributed by atoms with van der Waals surface area (Å²) in [7, 11) is 0. The number of aryl methyl sites for hydroxylation is 2. The lowest BCUT2D eigenvalue weighted by molar-refractivity contribution is -0.134. The molecule has 172 valence electrons. The fourth-order valence-corrected chi connectivity index (χ4v) is 5.52. The molecule has 2 heterocycles. The highest BCUT2D eigenvalue weighted by molar-refractivity contribution is 5.99. The molecule has 5 rings (SSSR count). The van der Waals surface area contributed by atoms with Crippen molar-refractivity contribution in [2.24, 2.45) is 0 Å². The van der Waals surface area contributed by atoms with Crippen LogP contribution in [0.2, 0.25) is 0 Å². The Bertz CT molecular complexity index is 1140. The Morgan fingerprint density at radius 3 is 2.58 bits per heavy atom. The molecule has 2 aromatic carbocycles. The maximum atomic E-state index is 13.1. The van der Waals surface area contributed by atoms with Crippen LogP contribution >= 0.6 is 0 Å². The molecule has 2 amide bonds. The minimum Gasteiger partial charge on any atom is -0.358 e. The number of nitrogens with one attached hydrogen (secondary N) is 2. The summed E-state index contributed by atoms with van der Waals surface area (Å²) in [5, 5.41) is 4.42. The van der Waals surface area contributed by atoms with Crippen molar-refractivity contribution in [1.29, 1.82) is 0 Å². The molecule has 2 N–H and O–H groups in total. The molecule has 0 radical (unpaired) electrons. The van der Waals surface area contributed by atoms with Gasteiger partial charge in [-0.3, -0.25) is 9.59 Å². The van der Waals surface area contributed by atoms with E-state index in [0.717, 1.165) is 48.7 Å². The number of H-pyrrole nitrogens is 1. The van der Waals surface area contributed by atoms with Crippen LogP contribution in [0, 0.1) is 0 Å². The minimum atomic E-state index is -0.0867. The van der Waals surface area contributed by atoms with Gasteiger partial charge in [-0.2, -0.15) is 0 Å². The van der Waals surface area contributed by atoms with Crippen molar-refractivity contribution in [2.45, 2.75) is 63.8 Å². The number of aromatic nitrogens is 1. The quantitative estimate of drug-likeness (QED) is 0.585. The predicted molar refractivity (Wildman–Crippen MR) is 131 cm³/mol. The molecule has 1 unspecified atom stereocenters. The van der Waals surface area contributed by atoms with E-state index in [1.165, 1.54) is 29.5 Å². The molecule has 1 aromatic heterocycles. The zero-order valence-corrected chi connectivity index (χ0v) is 19.4. The van der Waals surface area contributed by atoms with Gasteiger partial charge in [0.2, 0.25) is 5.91 Å². The van der Waals surface area contributed by atoms with E-state index in [-0.39, 0.29) is 23.8 Å². The van der Waals surface area contributed by atoms with E-state index in [4.69, 9.17) is 0 Å². The van der Waals surface area contributed by atoms with Gasteiger partial charge in [-0.15, -0.1) is 0 Å². The molecular formula is C28H33N3O2.